The number of aromatic nitrogens is 1. The van der Waals surface area contributed by atoms with Crippen LogP contribution in [0.1, 0.15) is 22.8 Å². The van der Waals surface area contributed by atoms with E-state index in [1.807, 2.05) is 18.2 Å². The van der Waals surface area contributed by atoms with Crippen LogP contribution in [0, 0.1) is 5.82 Å². The molecular weight excluding hydrogens is 371 g/mol. The van der Waals surface area contributed by atoms with E-state index in [0.717, 1.165) is 44.1 Å². The molecule has 3 rings (SSSR count). The lowest BCUT2D eigenvalue weighted by atomic mass is 10.1. The van der Waals surface area contributed by atoms with E-state index in [4.69, 9.17) is 10.5 Å². The molecule has 0 spiro atoms. The number of halogens is 1. The molecular formula is C22H27FN4O2. The average molecular weight is 398 g/mol. The third-order valence-corrected chi connectivity index (χ3v) is 4.83. The number of benzene rings is 1. The SMILES string of the molecule is CCOC(=O)c1ccc(N2CCN(CC(N)/C=C/c3ccc(F)cc3)CC2)nc1. The van der Waals surface area contributed by atoms with Crippen molar-refractivity contribution in [2.75, 3.05) is 44.2 Å². The number of carbonyl (C=O) groups excluding carboxylic acids is 1. The molecule has 1 aromatic heterocycles. The van der Waals surface area contributed by atoms with E-state index < -0.39 is 0 Å². The highest BCUT2D eigenvalue weighted by Gasteiger charge is 2.19. The molecule has 1 fully saturated rings. The zero-order valence-electron chi connectivity index (χ0n) is 16.6. The summed E-state index contributed by atoms with van der Waals surface area (Å²) in [6.07, 6.45) is 5.44. The van der Waals surface area contributed by atoms with Crippen LogP contribution in [0.4, 0.5) is 10.2 Å². The van der Waals surface area contributed by atoms with Crippen LogP contribution in [0.5, 0.6) is 0 Å². The van der Waals surface area contributed by atoms with E-state index in [1.54, 1.807) is 31.3 Å². The molecule has 0 bridgehead atoms. The fourth-order valence-corrected chi connectivity index (χ4v) is 3.24. The Kier molecular flexibility index (Phi) is 7.32. The molecule has 6 nitrogen and oxygen atoms in total. The molecule has 0 aliphatic carbocycles. The number of esters is 1. The molecule has 1 atom stereocenters. The second-order valence-corrected chi connectivity index (χ2v) is 6.99. The first-order valence-corrected chi connectivity index (χ1v) is 9.85. The van der Waals surface area contributed by atoms with Gasteiger partial charge in [-0.15, -0.1) is 0 Å². The first kappa shape index (κ1) is 21.0. The van der Waals surface area contributed by atoms with Gasteiger partial charge in [-0.3, -0.25) is 4.90 Å². The molecule has 2 N–H and O–H groups in total. The quantitative estimate of drug-likeness (QED) is 0.723. The molecule has 2 heterocycles. The Morgan fingerprint density at radius 1 is 1.21 bits per heavy atom. The van der Waals surface area contributed by atoms with Gasteiger partial charge in [-0.25, -0.2) is 14.2 Å². The maximum Gasteiger partial charge on any atom is 0.339 e. The van der Waals surface area contributed by atoms with Crippen LogP contribution in [0.2, 0.25) is 0 Å². The van der Waals surface area contributed by atoms with Crippen LogP contribution in [0.25, 0.3) is 6.08 Å². The van der Waals surface area contributed by atoms with Gasteiger partial charge in [0.2, 0.25) is 0 Å². The Balaban J connectivity index is 1.46. The Morgan fingerprint density at radius 3 is 2.55 bits per heavy atom. The first-order valence-electron chi connectivity index (χ1n) is 9.85. The highest BCUT2D eigenvalue weighted by atomic mass is 19.1. The number of carbonyl (C=O) groups is 1. The van der Waals surface area contributed by atoms with Gasteiger partial charge in [-0.2, -0.15) is 0 Å². The van der Waals surface area contributed by atoms with Crippen molar-refractivity contribution in [1.29, 1.82) is 0 Å². The fraction of sp³-hybridized carbons (Fsp3) is 0.364. The van der Waals surface area contributed by atoms with Crippen molar-refractivity contribution in [3.8, 4) is 0 Å². The van der Waals surface area contributed by atoms with Crippen LogP contribution >= 0.6 is 0 Å². The zero-order valence-corrected chi connectivity index (χ0v) is 16.6. The van der Waals surface area contributed by atoms with E-state index >= 15 is 0 Å². The summed E-state index contributed by atoms with van der Waals surface area (Å²) >= 11 is 0. The van der Waals surface area contributed by atoms with Crippen molar-refractivity contribution < 1.29 is 13.9 Å². The largest absolute Gasteiger partial charge is 0.462 e. The second-order valence-electron chi connectivity index (χ2n) is 6.99. The third-order valence-electron chi connectivity index (χ3n) is 4.83. The molecule has 1 unspecified atom stereocenters. The van der Waals surface area contributed by atoms with E-state index in [2.05, 4.69) is 14.8 Å². The van der Waals surface area contributed by atoms with Crippen molar-refractivity contribution in [3.63, 3.8) is 0 Å². The van der Waals surface area contributed by atoms with Gasteiger partial charge >= 0.3 is 5.97 Å². The Labute approximate surface area is 170 Å². The lowest BCUT2D eigenvalue weighted by molar-refractivity contribution is 0.0526. The van der Waals surface area contributed by atoms with E-state index in [1.165, 1.54) is 12.1 Å². The molecule has 0 saturated carbocycles. The maximum absolute atomic E-state index is 13.0. The maximum atomic E-state index is 13.0. The van der Waals surface area contributed by atoms with E-state index in [9.17, 15) is 9.18 Å². The molecule has 2 aromatic rings. The summed E-state index contributed by atoms with van der Waals surface area (Å²) in [7, 11) is 0. The molecule has 0 amide bonds. The predicted octanol–water partition coefficient (Wildman–Crippen LogP) is 2.56. The van der Waals surface area contributed by atoms with Crippen LogP contribution < -0.4 is 10.6 Å². The molecule has 1 aromatic carbocycles. The average Bonchev–Trinajstić information content (AvgIpc) is 2.74. The minimum Gasteiger partial charge on any atom is -0.462 e. The molecule has 29 heavy (non-hydrogen) atoms. The van der Waals surface area contributed by atoms with Gasteiger partial charge in [0, 0.05) is 45.0 Å². The summed E-state index contributed by atoms with van der Waals surface area (Å²) in [6.45, 7) is 6.37. The van der Waals surface area contributed by atoms with Crippen LogP contribution in [-0.4, -0.2) is 61.2 Å². The molecule has 0 radical (unpaired) electrons. The summed E-state index contributed by atoms with van der Waals surface area (Å²) in [5, 5.41) is 0. The number of nitrogens with two attached hydrogens (primary N) is 1. The lowest BCUT2D eigenvalue weighted by Gasteiger charge is -2.36. The van der Waals surface area contributed by atoms with Crippen molar-refractivity contribution in [2.45, 2.75) is 13.0 Å². The Bertz CT molecular complexity index is 816. The molecule has 154 valence electrons. The molecule has 1 aliphatic rings. The van der Waals surface area contributed by atoms with Crippen molar-refractivity contribution in [3.05, 3.63) is 65.6 Å². The van der Waals surface area contributed by atoms with E-state index in [0.29, 0.717) is 12.2 Å². The normalized spacial score (nSPS) is 16.2. The Morgan fingerprint density at radius 2 is 1.93 bits per heavy atom. The number of rotatable bonds is 7. The van der Waals surface area contributed by atoms with Crippen LogP contribution in [0.15, 0.2) is 48.7 Å². The minimum absolute atomic E-state index is 0.0893. The highest BCUT2D eigenvalue weighted by molar-refractivity contribution is 5.89. The van der Waals surface area contributed by atoms with Gasteiger partial charge in [0.25, 0.3) is 0 Å². The van der Waals surface area contributed by atoms with Gasteiger partial charge in [-0.05, 0) is 36.8 Å². The van der Waals surface area contributed by atoms with Gasteiger partial charge in [0.1, 0.15) is 11.6 Å². The lowest BCUT2D eigenvalue weighted by Crippen LogP contribution is -2.49. The molecule has 1 aliphatic heterocycles. The Hall–Kier alpha value is -2.77. The third kappa shape index (κ3) is 6.10. The fourth-order valence-electron chi connectivity index (χ4n) is 3.24. The number of hydrogen-bond donors (Lipinski definition) is 1. The number of hydrogen-bond acceptors (Lipinski definition) is 6. The molecule has 1 saturated heterocycles. The topological polar surface area (TPSA) is 71.7 Å². The van der Waals surface area contributed by atoms with Crippen molar-refractivity contribution >= 4 is 17.9 Å². The van der Waals surface area contributed by atoms with Crippen LogP contribution in [0.3, 0.4) is 0 Å². The summed E-state index contributed by atoms with van der Waals surface area (Å²) in [5.41, 5.74) is 7.63. The molecule has 7 heteroatoms. The zero-order chi connectivity index (χ0) is 20.6. The second kappa shape index (κ2) is 10.1. The summed E-state index contributed by atoms with van der Waals surface area (Å²) < 4.78 is 17.9. The number of ether oxygens (including phenoxy) is 1. The van der Waals surface area contributed by atoms with Crippen molar-refractivity contribution in [2.24, 2.45) is 5.73 Å². The first-order chi connectivity index (χ1) is 14.0. The number of nitrogens with zero attached hydrogens (tertiary/aromatic N) is 3. The highest BCUT2D eigenvalue weighted by Crippen LogP contribution is 2.15. The monoisotopic (exact) mass is 398 g/mol. The summed E-state index contributed by atoms with van der Waals surface area (Å²) in [6, 6.07) is 9.88. The summed E-state index contributed by atoms with van der Waals surface area (Å²) in [5.74, 6) is 0.270. The summed E-state index contributed by atoms with van der Waals surface area (Å²) in [4.78, 5) is 20.6. The predicted molar refractivity (Wildman–Crippen MR) is 112 cm³/mol. The number of anilines is 1. The van der Waals surface area contributed by atoms with Gasteiger partial charge in [-0.1, -0.05) is 24.3 Å². The van der Waals surface area contributed by atoms with Crippen LogP contribution in [-0.2, 0) is 4.74 Å². The van der Waals surface area contributed by atoms with Crippen molar-refractivity contribution in [1.82, 2.24) is 9.88 Å². The number of piperazine rings is 1. The number of pyridine rings is 1. The minimum atomic E-state index is -0.348. The van der Waals surface area contributed by atoms with Gasteiger partial charge in [0.05, 0.1) is 12.2 Å². The van der Waals surface area contributed by atoms with Gasteiger partial charge < -0.3 is 15.4 Å². The van der Waals surface area contributed by atoms with Gasteiger partial charge in [0.15, 0.2) is 0 Å². The smallest absolute Gasteiger partial charge is 0.339 e. The van der Waals surface area contributed by atoms with E-state index in [-0.39, 0.29) is 17.8 Å². The standard InChI is InChI=1S/C22H27FN4O2/c1-2-29-22(28)18-6-10-21(25-15-18)27-13-11-26(12-14-27)16-20(24)9-5-17-3-7-19(23)8-4-17/h3-10,15,20H,2,11-14,16,24H2,1H3/b9-5+.